The zero-order valence-corrected chi connectivity index (χ0v) is 25.9. The van der Waals surface area contributed by atoms with Crippen molar-refractivity contribution in [1.82, 2.24) is 10.0 Å². The zero-order chi connectivity index (χ0) is 32.0. The van der Waals surface area contributed by atoms with Crippen LogP contribution in [0.4, 0.5) is 0 Å². The van der Waals surface area contributed by atoms with Crippen molar-refractivity contribution in [3.05, 3.63) is 48.1 Å². The summed E-state index contributed by atoms with van der Waals surface area (Å²) in [5.41, 5.74) is 0.738. The van der Waals surface area contributed by atoms with Crippen LogP contribution in [0.25, 0.3) is 0 Å². The summed E-state index contributed by atoms with van der Waals surface area (Å²) in [6.45, 7) is 9.71. The predicted molar refractivity (Wildman–Crippen MR) is 158 cm³/mol. The van der Waals surface area contributed by atoms with Crippen LogP contribution in [-0.4, -0.2) is 81.6 Å². The first-order valence-corrected chi connectivity index (χ1v) is 15.1. The zero-order valence-electron chi connectivity index (χ0n) is 25.9. The number of carbonyl (C=O) groups excluding carboxylic acids is 3. The average molecular weight is 617 g/mol. The maximum Gasteiger partial charge on any atom is 0.335 e. The fourth-order valence-corrected chi connectivity index (χ4v) is 5.70. The molecule has 12 heteroatoms. The molecule has 3 N–H and O–H groups in total. The van der Waals surface area contributed by atoms with Gasteiger partial charge in [0.2, 0.25) is 17.7 Å². The molecule has 0 saturated carbocycles. The van der Waals surface area contributed by atoms with Crippen molar-refractivity contribution in [1.29, 1.82) is 0 Å². The van der Waals surface area contributed by atoms with Crippen LogP contribution in [0.5, 0.6) is 11.8 Å². The Balaban J connectivity index is 1.24. The summed E-state index contributed by atoms with van der Waals surface area (Å²) in [5, 5.41) is 22.4. The lowest BCUT2D eigenvalue weighted by Gasteiger charge is -2.39. The lowest BCUT2D eigenvalue weighted by Crippen LogP contribution is -2.50. The number of aromatic nitrogens is 1. The lowest BCUT2D eigenvalue weighted by molar-refractivity contribution is -0.151. The minimum Gasteiger partial charge on any atom is -0.492 e. The molecule has 0 radical (unpaired) electrons. The highest BCUT2D eigenvalue weighted by atomic mass is 16.7. The second-order valence-corrected chi connectivity index (χ2v) is 12.1. The van der Waals surface area contributed by atoms with E-state index >= 15 is 0 Å². The third kappa shape index (κ3) is 9.44. The normalized spacial score (nSPS) is 31.2. The second kappa shape index (κ2) is 14.4. The first kappa shape index (κ1) is 33.3. The topological polar surface area (TPSA) is 158 Å². The number of hydrogen-bond donors (Lipinski definition) is 3. The van der Waals surface area contributed by atoms with Gasteiger partial charge in [0.1, 0.15) is 6.10 Å². The molecule has 1 amide bonds. The van der Waals surface area contributed by atoms with E-state index in [2.05, 4.69) is 18.3 Å². The van der Waals surface area contributed by atoms with Gasteiger partial charge >= 0.3 is 11.9 Å². The summed E-state index contributed by atoms with van der Waals surface area (Å²) in [6, 6.07) is 2.32. The van der Waals surface area contributed by atoms with Crippen molar-refractivity contribution in [2.75, 3.05) is 6.61 Å². The number of esters is 1. The van der Waals surface area contributed by atoms with Crippen LogP contribution < -0.4 is 10.2 Å². The molecule has 4 rings (SSSR count). The van der Waals surface area contributed by atoms with Crippen molar-refractivity contribution >= 4 is 17.8 Å². The number of aromatic hydroxyl groups is 2. The van der Waals surface area contributed by atoms with Gasteiger partial charge in [-0.05, 0) is 45.6 Å². The molecule has 3 aliphatic rings. The Morgan fingerprint density at radius 2 is 1.84 bits per heavy atom. The molecule has 1 aromatic heterocycles. The molecule has 0 aromatic carbocycles. The molecule has 4 heterocycles. The van der Waals surface area contributed by atoms with Crippen molar-refractivity contribution < 1.29 is 48.4 Å². The summed E-state index contributed by atoms with van der Waals surface area (Å²) >= 11 is 0. The Labute approximate surface area is 257 Å². The average Bonchev–Trinajstić information content (AvgIpc) is 3.61. The highest BCUT2D eigenvalue weighted by molar-refractivity contribution is 5.87. The van der Waals surface area contributed by atoms with E-state index in [1.165, 1.54) is 25.1 Å². The second-order valence-electron chi connectivity index (χ2n) is 12.1. The molecular weight excluding hydrogens is 572 g/mol. The van der Waals surface area contributed by atoms with Gasteiger partial charge in [-0.3, -0.25) is 9.59 Å². The van der Waals surface area contributed by atoms with E-state index in [4.69, 9.17) is 23.8 Å². The predicted octanol–water partition coefficient (Wildman–Crippen LogP) is 3.26. The highest BCUT2D eigenvalue weighted by Crippen LogP contribution is 2.43. The SMILES string of the molecule is CC(=O)O[C@@H](C)C=CC(=O)N[C@@H]1C[C@H](C)[C@H](CC=C(C)C=C[C@@H]2C[C@]3(CO3)C[C@@H](CC(=O)On3c(O)ccc3O)O2)O[C@@H]1C. The van der Waals surface area contributed by atoms with Crippen molar-refractivity contribution in [3.8, 4) is 11.8 Å². The van der Waals surface area contributed by atoms with Gasteiger partial charge in [0, 0.05) is 38.0 Å². The third-order valence-corrected chi connectivity index (χ3v) is 8.14. The van der Waals surface area contributed by atoms with Gasteiger partial charge in [-0.1, -0.05) is 30.7 Å². The minimum atomic E-state index is -0.642. The van der Waals surface area contributed by atoms with Crippen LogP contribution in [0.15, 0.2) is 48.1 Å². The summed E-state index contributed by atoms with van der Waals surface area (Å²) in [7, 11) is 0. The summed E-state index contributed by atoms with van der Waals surface area (Å²) in [5.74, 6) is -1.83. The lowest BCUT2D eigenvalue weighted by atomic mass is 9.88. The van der Waals surface area contributed by atoms with Crippen molar-refractivity contribution in [2.24, 2.45) is 5.92 Å². The quantitative estimate of drug-likeness (QED) is 0.146. The molecule has 1 spiro atoms. The van der Waals surface area contributed by atoms with Crippen LogP contribution >= 0.6 is 0 Å². The smallest absolute Gasteiger partial charge is 0.335 e. The van der Waals surface area contributed by atoms with Gasteiger partial charge in [-0.2, -0.15) is 0 Å². The Morgan fingerprint density at radius 1 is 1.14 bits per heavy atom. The first-order chi connectivity index (χ1) is 20.8. The molecule has 12 nitrogen and oxygen atoms in total. The summed E-state index contributed by atoms with van der Waals surface area (Å²) in [6.07, 6.45) is 10.4. The van der Waals surface area contributed by atoms with Gasteiger partial charge in [-0.25, -0.2) is 4.79 Å². The largest absolute Gasteiger partial charge is 0.492 e. The van der Waals surface area contributed by atoms with Crippen molar-refractivity contribution in [3.63, 3.8) is 0 Å². The summed E-state index contributed by atoms with van der Waals surface area (Å²) in [4.78, 5) is 41.0. The van der Waals surface area contributed by atoms with E-state index in [1.54, 1.807) is 13.0 Å². The van der Waals surface area contributed by atoms with E-state index < -0.39 is 24.1 Å². The first-order valence-electron chi connectivity index (χ1n) is 15.1. The highest BCUT2D eigenvalue weighted by Gasteiger charge is 2.51. The molecular formula is C32H44N2O10. The molecule has 3 aliphatic heterocycles. The number of nitrogens with zero attached hydrogens (tertiary/aromatic N) is 1. The number of rotatable bonds is 11. The Hall–Kier alpha value is -3.61. The molecule has 242 valence electrons. The monoisotopic (exact) mass is 616 g/mol. The molecule has 1 aromatic rings. The molecule has 0 unspecified atom stereocenters. The van der Waals surface area contributed by atoms with Gasteiger partial charge < -0.3 is 39.3 Å². The molecule has 0 aliphatic carbocycles. The molecule has 3 fully saturated rings. The number of allylic oxidation sites excluding steroid dienone is 2. The molecule has 3 saturated heterocycles. The van der Waals surface area contributed by atoms with E-state index in [0.717, 1.165) is 12.0 Å². The number of hydrogen-bond acceptors (Lipinski definition) is 10. The fourth-order valence-electron chi connectivity index (χ4n) is 5.70. The van der Waals surface area contributed by atoms with Gasteiger partial charge in [0.05, 0.1) is 49.1 Å². The van der Waals surface area contributed by atoms with Gasteiger partial charge in [0.15, 0.2) is 0 Å². The van der Waals surface area contributed by atoms with Crippen LogP contribution in [0.1, 0.15) is 66.7 Å². The summed E-state index contributed by atoms with van der Waals surface area (Å²) < 4.78 is 23.8. The number of carbonyl (C=O) groups is 3. The standard InChI is InChI=1S/C32H44N2O10/c1-19(7-10-27-20(2)14-26(22(4)42-27)33-28(36)11-8-21(3)41-23(5)35)6-9-24-16-32(18-40-32)17-25(43-24)15-31(39)44-34-29(37)12-13-30(34)38/h6-9,11-13,20-22,24-27,37-38H,10,14-18H2,1-5H3,(H,33,36)/t20-,21-,22+,24+,25+,26+,27-,32+/m0/s1. The Morgan fingerprint density at radius 3 is 2.50 bits per heavy atom. The van der Waals surface area contributed by atoms with Crippen molar-refractivity contribution in [2.45, 2.75) is 109 Å². The number of amides is 1. The van der Waals surface area contributed by atoms with E-state index in [9.17, 15) is 24.6 Å². The Bertz CT molecular complexity index is 1260. The molecule has 44 heavy (non-hydrogen) atoms. The van der Waals surface area contributed by atoms with Gasteiger partial charge in [-0.15, -0.1) is 4.73 Å². The van der Waals surface area contributed by atoms with Crippen LogP contribution in [-0.2, 0) is 33.3 Å². The maximum atomic E-state index is 12.5. The Kier molecular flexibility index (Phi) is 10.9. The fraction of sp³-hybridized carbons (Fsp3) is 0.594. The number of nitrogens with one attached hydrogen (secondary N) is 1. The minimum absolute atomic E-state index is 0.00431. The van der Waals surface area contributed by atoms with Crippen LogP contribution in [0, 0.1) is 5.92 Å². The van der Waals surface area contributed by atoms with Crippen LogP contribution in [0.2, 0.25) is 0 Å². The van der Waals surface area contributed by atoms with Crippen LogP contribution in [0.3, 0.4) is 0 Å². The molecule has 8 atom stereocenters. The van der Waals surface area contributed by atoms with E-state index in [0.29, 0.717) is 30.6 Å². The third-order valence-electron chi connectivity index (χ3n) is 8.14. The molecule has 0 bridgehead atoms. The number of epoxide rings is 1. The van der Waals surface area contributed by atoms with E-state index in [-0.39, 0.29) is 60.0 Å². The maximum absolute atomic E-state index is 12.5. The van der Waals surface area contributed by atoms with Gasteiger partial charge in [0.25, 0.3) is 0 Å². The van der Waals surface area contributed by atoms with E-state index in [1.807, 2.05) is 26.0 Å². The number of ether oxygens (including phenoxy) is 4.